The molecular weight excluding hydrogens is 637 g/mol. The van der Waals surface area contributed by atoms with Crippen molar-refractivity contribution in [1.29, 1.82) is 0 Å². The highest BCUT2D eigenvalue weighted by atomic mass is 15.0. The van der Waals surface area contributed by atoms with Gasteiger partial charge in [0.15, 0.2) is 23.2 Å². The number of benzene rings is 7. The highest BCUT2D eigenvalue weighted by molar-refractivity contribution is 6.26. The zero-order valence-electron chi connectivity index (χ0n) is 27.8. The summed E-state index contributed by atoms with van der Waals surface area (Å²) >= 11 is 0. The minimum Gasteiger partial charge on any atom is -0.310 e. The number of hydrogen-bond donors (Lipinski definition) is 0. The predicted molar refractivity (Wildman–Crippen MR) is 211 cm³/mol. The molecule has 0 amide bonds. The van der Waals surface area contributed by atoms with Gasteiger partial charge in [-0.15, -0.1) is 0 Å². The molecule has 0 bridgehead atoms. The van der Waals surface area contributed by atoms with Gasteiger partial charge in [-0.1, -0.05) is 127 Å². The van der Waals surface area contributed by atoms with E-state index in [4.69, 9.17) is 21.5 Å². The molecule has 3 aromatic heterocycles. The second kappa shape index (κ2) is 11.9. The molecule has 242 valence electrons. The van der Waals surface area contributed by atoms with Crippen LogP contribution < -0.4 is 0 Å². The Morgan fingerprint density at radius 2 is 0.942 bits per heavy atom. The molecule has 0 aliphatic carbocycles. The Labute approximate surface area is 299 Å². The van der Waals surface area contributed by atoms with Crippen molar-refractivity contribution in [2.75, 3.05) is 0 Å². The molecule has 3 heterocycles. The van der Waals surface area contributed by atoms with Crippen LogP contribution in [0.3, 0.4) is 0 Å². The molecule has 0 spiro atoms. The van der Waals surface area contributed by atoms with Crippen molar-refractivity contribution in [2.45, 2.75) is 0 Å². The third-order valence-corrected chi connectivity index (χ3v) is 9.75. The van der Waals surface area contributed by atoms with Crippen molar-refractivity contribution in [1.82, 2.24) is 24.1 Å². The summed E-state index contributed by atoms with van der Waals surface area (Å²) in [6.45, 7) is 7.68. The molecule has 0 saturated carbocycles. The van der Waals surface area contributed by atoms with Crippen molar-refractivity contribution in [3.63, 3.8) is 0 Å². The maximum Gasteiger partial charge on any atom is 0.189 e. The van der Waals surface area contributed by atoms with Crippen molar-refractivity contribution >= 4 is 49.3 Å². The van der Waals surface area contributed by atoms with Crippen LogP contribution in [0.15, 0.2) is 170 Å². The van der Waals surface area contributed by atoms with Gasteiger partial charge in [-0.3, -0.25) is 0 Å². The first-order chi connectivity index (χ1) is 25.7. The first-order valence-electron chi connectivity index (χ1n) is 17.2. The SMILES string of the molecule is [C-]#[N+]c1cccc(-n2c3ccccc3c3c2ccc2c4ccccc4n(-c4cccc(-c5nc(-c6ccccc6)nc(-c6ccccc6)n5)c4)c23)c1. The number of hydrogen-bond acceptors (Lipinski definition) is 3. The molecule has 0 unspecified atom stereocenters. The minimum atomic E-state index is 0.608. The summed E-state index contributed by atoms with van der Waals surface area (Å²) in [5, 5.41) is 4.65. The zero-order valence-corrected chi connectivity index (χ0v) is 27.8. The molecule has 0 saturated heterocycles. The number of aromatic nitrogens is 5. The largest absolute Gasteiger partial charge is 0.310 e. The molecular formula is C46H28N6. The van der Waals surface area contributed by atoms with E-state index in [0.29, 0.717) is 23.2 Å². The molecule has 0 fully saturated rings. The van der Waals surface area contributed by atoms with E-state index in [2.05, 4.69) is 105 Å². The van der Waals surface area contributed by atoms with E-state index in [1.165, 1.54) is 10.8 Å². The van der Waals surface area contributed by atoms with E-state index in [1.54, 1.807) is 0 Å². The second-order valence-electron chi connectivity index (χ2n) is 12.8. The van der Waals surface area contributed by atoms with Crippen LogP contribution in [0.25, 0.3) is 94.0 Å². The van der Waals surface area contributed by atoms with E-state index in [9.17, 15) is 0 Å². The van der Waals surface area contributed by atoms with Crippen LogP contribution >= 0.6 is 0 Å². The van der Waals surface area contributed by atoms with Crippen molar-refractivity contribution in [3.8, 4) is 45.5 Å². The van der Waals surface area contributed by atoms with Gasteiger partial charge in [0.25, 0.3) is 0 Å². The summed E-state index contributed by atoms with van der Waals surface area (Å²) in [5.41, 5.74) is 9.74. The topological polar surface area (TPSA) is 52.9 Å². The van der Waals surface area contributed by atoms with Gasteiger partial charge in [-0.2, -0.15) is 0 Å². The standard InChI is InChI=1S/C46H28N6/c1-47-33-19-13-21-35(29-33)51-40-25-11-9-23-38(40)42-41(51)27-26-37-36-22-8-10-24-39(36)52(43(37)42)34-20-12-18-32(28-34)46-49-44(30-14-4-2-5-15-30)48-45(50-46)31-16-6-3-7-17-31/h2-29H. The van der Waals surface area contributed by atoms with Crippen molar-refractivity contribution < 1.29 is 0 Å². The Balaban J connectivity index is 1.25. The summed E-state index contributed by atoms with van der Waals surface area (Å²) in [6.07, 6.45) is 0. The molecule has 0 N–H and O–H groups in total. The van der Waals surface area contributed by atoms with Crippen LogP contribution in [0.4, 0.5) is 5.69 Å². The average molecular weight is 665 g/mol. The van der Waals surface area contributed by atoms with Gasteiger partial charge in [0, 0.05) is 49.6 Å². The fraction of sp³-hybridized carbons (Fsp3) is 0. The summed E-state index contributed by atoms with van der Waals surface area (Å²) in [5.74, 6) is 1.86. The monoisotopic (exact) mass is 664 g/mol. The molecule has 6 heteroatoms. The second-order valence-corrected chi connectivity index (χ2v) is 12.8. The number of para-hydroxylation sites is 2. The first-order valence-corrected chi connectivity index (χ1v) is 17.2. The Morgan fingerprint density at radius 1 is 0.404 bits per heavy atom. The fourth-order valence-corrected chi connectivity index (χ4v) is 7.48. The van der Waals surface area contributed by atoms with Crippen LogP contribution in [0.2, 0.25) is 0 Å². The third-order valence-electron chi connectivity index (χ3n) is 9.75. The fourth-order valence-electron chi connectivity index (χ4n) is 7.48. The van der Waals surface area contributed by atoms with Crippen LogP contribution in [-0.2, 0) is 0 Å². The third kappa shape index (κ3) is 4.68. The molecule has 0 atom stereocenters. The van der Waals surface area contributed by atoms with E-state index in [0.717, 1.165) is 60.9 Å². The Hall–Kier alpha value is -7.36. The Morgan fingerprint density at radius 3 is 1.62 bits per heavy atom. The van der Waals surface area contributed by atoms with Crippen LogP contribution in [-0.4, -0.2) is 24.1 Å². The van der Waals surface area contributed by atoms with Gasteiger partial charge in [0.1, 0.15) is 0 Å². The van der Waals surface area contributed by atoms with Gasteiger partial charge in [-0.05, 0) is 42.5 Å². The molecule has 10 rings (SSSR count). The molecule has 10 aromatic rings. The van der Waals surface area contributed by atoms with Crippen LogP contribution in [0, 0.1) is 6.57 Å². The molecule has 0 aliphatic rings. The lowest BCUT2D eigenvalue weighted by Crippen LogP contribution is -2.01. The highest BCUT2D eigenvalue weighted by Crippen LogP contribution is 2.42. The lowest BCUT2D eigenvalue weighted by Gasteiger charge is -2.12. The number of rotatable bonds is 5. The quantitative estimate of drug-likeness (QED) is 0.172. The van der Waals surface area contributed by atoms with Gasteiger partial charge in [0.05, 0.1) is 28.6 Å². The van der Waals surface area contributed by atoms with Gasteiger partial charge in [0.2, 0.25) is 0 Å². The molecule has 7 aromatic carbocycles. The predicted octanol–water partition coefficient (Wildman–Crippen LogP) is 11.6. The molecule has 52 heavy (non-hydrogen) atoms. The number of fused-ring (bicyclic) bond motifs is 7. The van der Waals surface area contributed by atoms with Gasteiger partial charge < -0.3 is 9.13 Å². The van der Waals surface area contributed by atoms with Crippen molar-refractivity contribution in [2.24, 2.45) is 0 Å². The van der Waals surface area contributed by atoms with E-state index in [1.807, 2.05) is 78.9 Å². The maximum absolute atomic E-state index is 7.68. The van der Waals surface area contributed by atoms with Gasteiger partial charge >= 0.3 is 0 Å². The first kappa shape index (κ1) is 29.5. The lowest BCUT2D eigenvalue weighted by atomic mass is 10.1. The summed E-state index contributed by atoms with van der Waals surface area (Å²) in [6, 6.07) is 58.1. The van der Waals surface area contributed by atoms with Crippen LogP contribution in [0.1, 0.15) is 0 Å². The average Bonchev–Trinajstić information content (AvgIpc) is 3.74. The molecule has 0 aliphatic heterocycles. The summed E-state index contributed by atoms with van der Waals surface area (Å²) < 4.78 is 4.65. The van der Waals surface area contributed by atoms with Crippen molar-refractivity contribution in [3.05, 3.63) is 181 Å². The normalized spacial score (nSPS) is 11.4. The smallest absolute Gasteiger partial charge is 0.189 e. The Kier molecular flexibility index (Phi) is 6.76. The van der Waals surface area contributed by atoms with E-state index >= 15 is 0 Å². The van der Waals surface area contributed by atoms with E-state index < -0.39 is 0 Å². The molecule has 6 nitrogen and oxygen atoms in total. The minimum absolute atomic E-state index is 0.608. The zero-order chi connectivity index (χ0) is 34.6. The molecule has 0 radical (unpaired) electrons. The van der Waals surface area contributed by atoms with Gasteiger partial charge in [-0.25, -0.2) is 19.8 Å². The highest BCUT2D eigenvalue weighted by Gasteiger charge is 2.21. The summed E-state index contributed by atoms with van der Waals surface area (Å²) in [4.78, 5) is 18.7. The van der Waals surface area contributed by atoms with E-state index in [-0.39, 0.29) is 0 Å². The van der Waals surface area contributed by atoms with Crippen LogP contribution in [0.5, 0.6) is 0 Å². The summed E-state index contributed by atoms with van der Waals surface area (Å²) in [7, 11) is 0. The maximum atomic E-state index is 7.68. The number of nitrogens with zero attached hydrogens (tertiary/aromatic N) is 6. The lowest BCUT2D eigenvalue weighted by molar-refractivity contribution is 1.07. The Bertz CT molecular complexity index is 2970.